The highest BCUT2D eigenvalue weighted by Gasteiger charge is 2.16. The summed E-state index contributed by atoms with van der Waals surface area (Å²) in [5.41, 5.74) is 8.48. The van der Waals surface area contributed by atoms with Crippen molar-refractivity contribution in [2.75, 3.05) is 12.3 Å². The fraction of sp³-hybridized carbons (Fsp3) is 0.158. The fourth-order valence-corrected chi connectivity index (χ4v) is 3.04. The summed E-state index contributed by atoms with van der Waals surface area (Å²) in [5.74, 6) is 0.00834. The van der Waals surface area contributed by atoms with Gasteiger partial charge in [-0.25, -0.2) is 9.78 Å². The summed E-state index contributed by atoms with van der Waals surface area (Å²) in [7, 11) is 0. The summed E-state index contributed by atoms with van der Waals surface area (Å²) in [6, 6.07) is 12.6. The van der Waals surface area contributed by atoms with Crippen molar-refractivity contribution in [1.29, 1.82) is 0 Å². The van der Waals surface area contributed by atoms with Crippen molar-refractivity contribution in [2.45, 2.75) is 13.5 Å². The molecule has 0 aliphatic rings. The van der Waals surface area contributed by atoms with Gasteiger partial charge in [0.05, 0.1) is 12.3 Å². The number of hydrogen-bond donors (Lipinski definition) is 1. The van der Waals surface area contributed by atoms with Crippen LogP contribution in [0.2, 0.25) is 5.02 Å². The van der Waals surface area contributed by atoms with Gasteiger partial charge in [0.1, 0.15) is 17.9 Å². The zero-order chi connectivity index (χ0) is 18.5. The van der Waals surface area contributed by atoms with Crippen LogP contribution in [0.15, 0.2) is 47.8 Å². The third-order valence-electron chi connectivity index (χ3n) is 3.60. The van der Waals surface area contributed by atoms with Gasteiger partial charge < -0.3 is 15.2 Å². The van der Waals surface area contributed by atoms with Crippen molar-refractivity contribution in [3.05, 3.63) is 64.0 Å². The summed E-state index contributed by atoms with van der Waals surface area (Å²) in [6.45, 7) is 2.35. The molecular formula is C19H17ClN2O3S. The Morgan fingerprint density at radius 3 is 2.65 bits per heavy atom. The van der Waals surface area contributed by atoms with Gasteiger partial charge in [-0.15, -0.1) is 11.3 Å². The number of esters is 1. The van der Waals surface area contributed by atoms with Gasteiger partial charge in [0.15, 0.2) is 5.13 Å². The van der Waals surface area contributed by atoms with Crippen LogP contribution >= 0.6 is 22.9 Å². The van der Waals surface area contributed by atoms with E-state index in [1.807, 2.05) is 23.6 Å². The van der Waals surface area contributed by atoms with Crippen molar-refractivity contribution in [2.24, 2.45) is 0 Å². The van der Waals surface area contributed by atoms with Crippen LogP contribution in [0.3, 0.4) is 0 Å². The van der Waals surface area contributed by atoms with E-state index < -0.39 is 5.97 Å². The molecule has 1 heterocycles. The Hall–Kier alpha value is -2.57. The molecule has 0 radical (unpaired) electrons. The van der Waals surface area contributed by atoms with Crippen LogP contribution in [0.25, 0.3) is 11.3 Å². The molecule has 0 unspecified atom stereocenters. The van der Waals surface area contributed by atoms with E-state index in [1.165, 1.54) is 11.3 Å². The van der Waals surface area contributed by atoms with Gasteiger partial charge in [0.25, 0.3) is 0 Å². The smallest absolute Gasteiger partial charge is 0.341 e. The summed E-state index contributed by atoms with van der Waals surface area (Å²) in [5, 5.41) is 2.97. The summed E-state index contributed by atoms with van der Waals surface area (Å²) in [6.07, 6.45) is 0. The molecule has 134 valence electrons. The normalized spacial score (nSPS) is 10.5. The van der Waals surface area contributed by atoms with Gasteiger partial charge in [-0.2, -0.15) is 0 Å². The summed E-state index contributed by atoms with van der Waals surface area (Å²) in [4.78, 5) is 16.6. The molecule has 0 aliphatic heterocycles. The van der Waals surface area contributed by atoms with E-state index >= 15 is 0 Å². The second-order valence-electron chi connectivity index (χ2n) is 5.42. The molecule has 3 aromatic rings. The van der Waals surface area contributed by atoms with Crippen LogP contribution in [-0.2, 0) is 11.3 Å². The number of aromatic nitrogens is 1. The minimum atomic E-state index is -0.441. The van der Waals surface area contributed by atoms with Gasteiger partial charge in [0, 0.05) is 16.0 Å². The van der Waals surface area contributed by atoms with Crippen molar-refractivity contribution in [3.8, 4) is 17.0 Å². The van der Waals surface area contributed by atoms with E-state index in [0.717, 1.165) is 11.1 Å². The molecule has 3 rings (SSSR count). The number of rotatable bonds is 6. The first kappa shape index (κ1) is 18.2. The largest absolute Gasteiger partial charge is 0.488 e. The SMILES string of the molecule is CCOC(=O)c1cc(-c2csc(N)n2)ccc1OCc1ccc(Cl)cc1. The molecule has 0 fully saturated rings. The third-order valence-corrected chi connectivity index (χ3v) is 4.53. The molecule has 0 saturated heterocycles. The van der Waals surface area contributed by atoms with Gasteiger partial charge >= 0.3 is 5.97 Å². The van der Waals surface area contributed by atoms with Crippen LogP contribution in [0.5, 0.6) is 5.75 Å². The molecule has 0 aliphatic carbocycles. The average Bonchev–Trinajstić information content (AvgIpc) is 3.08. The molecule has 1 aromatic heterocycles. The quantitative estimate of drug-likeness (QED) is 0.614. The Morgan fingerprint density at radius 1 is 1.23 bits per heavy atom. The minimum Gasteiger partial charge on any atom is -0.488 e. The number of nitrogen functional groups attached to an aromatic ring is 1. The van der Waals surface area contributed by atoms with Crippen LogP contribution < -0.4 is 10.5 Å². The highest BCUT2D eigenvalue weighted by molar-refractivity contribution is 7.13. The predicted octanol–water partition coefficient (Wildman–Crippen LogP) is 4.80. The lowest BCUT2D eigenvalue weighted by Gasteiger charge is -2.12. The van der Waals surface area contributed by atoms with Crippen LogP contribution in [0.1, 0.15) is 22.8 Å². The Bertz CT molecular complexity index is 909. The van der Waals surface area contributed by atoms with Crippen molar-refractivity contribution in [1.82, 2.24) is 4.98 Å². The second kappa shape index (κ2) is 8.21. The van der Waals surface area contributed by atoms with Gasteiger partial charge in [-0.05, 0) is 42.8 Å². The monoisotopic (exact) mass is 388 g/mol. The zero-order valence-corrected chi connectivity index (χ0v) is 15.6. The van der Waals surface area contributed by atoms with Crippen LogP contribution in [0, 0.1) is 0 Å². The third kappa shape index (κ3) is 4.33. The van der Waals surface area contributed by atoms with E-state index in [-0.39, 0.29) is 6.61 Å². The minimum absolute atomic E-state index is 0.281. The Labute approximate surface area is 160 Å². The maximum Gasteiger partial charge on any atom is 0.341 e. The van der Waals surface area contributed by atoms with Crippen molar-refractivity contribution < 1.29 is 14.3 Å². The average molecular weight is 389 g/mol. The molecule has 2 aromatic carbocycles. The number of benzene rings is 2. The Morgan fingerprint density at radius 2 is 2.00 bits per heavy atom. The predicted molar refractivity (Wildman–Crippen MR) is 104 cm³/mol. The van der Waals surface area contributed by atoms with Gasteiger partial charge in [-0.1, -0.05) is 23.7 Å². The topological polar surface area (TPSA) is 74.4 Å². The maximum absolute atomic E-state index is 12.3. The fourth-order valence-electron chi connectivity index (χ4n) is 2.35. The first-order chi connectivity index (χ1) is 12.6. The molecular weight excluding hydrogens is 372 g/mol. The number of anilines is 1. The van der Waals surface area contributed by atoms with Gasteiger partial charge in [-0.3, -0.25) is 0 Å². The first-order valence-corrected chi connectivity index (χ1v) is 9.22. The highest BCUT2D eigenvalue weighted by Crippen LogP contribution is 2.29. The molecule has 2 N–H and O–H groups in total. The number of nitrogens with zero attached hydrogens (tertiary/aromatic N) is 1. The van der Waals surface area contributed by atoms with E-state index in [4.69, 9.17) is 26.8 Å². The maximum atomic E-state index is 12.3. The summed E-state index contributed by atoms with van der Waals surface area (Å²) < 4.78 is 11.0. The second-order valence-corrected chi connectivity index (χ2v) is 6.74. The lowest BCUT2D eigenvalue weighted by molar-refractivity contribution is 0.0521. The van der Waals surface area contributed by atoms with Crippen molar-refractivity contribution in [3.63, 3.8) is 0 Å². The number of nitrogens with two attached hydrogens (primary N) is 1. The van der Waals surface area contributed by atoms with E-state index in [9.17, 15) is 4.79 Å². The molecule has 7 heteroatoms. The number of ether oxygens (including phenoxy) is 2. The molecule has 0 saturated carbocycles. The highest BCUT2D eigenvalue weighted by atomic mass is 35.5. The molecule has 0 bridgehead atoms. The van der Waals surface area contributed by atoms with Crippen molar-refractivity contribution >= 4 is 34.0 Å². The zero-order valence-electron chi connectivity index (χ0n) is 14.1. The summed E-state index contributed by atoms with van der Waals surface area (Å²) >= 11 is 7.24. The number of carbonyl (C=O) groups is 1. The number of carbonyl (C=O) groups excluding carboxylic acids is 1. The van der Waals surface area contributed by atoms with E-state index in [1.54, 1.807) is 31.2 Å². The number of thiazole rings is 1. The lowest BCUT2D eigenvalue weighted by atomic mass is 10.1. The van der Waals surface area contributed by atoms with Crippen LogP contribution in [0.4, 0.5) is 5.13 Å². The molecule has 0 spiro atoms. The first-order valence-electron chi connectivity index (χ1n) is 7.96. The number of hydrogen-bond acceptors (Lipinski definition) is 6. The Balaban J connectivity index is 1.87. The van der Waals surface area contributed by atoms with E-state index in [0.29, 0.717) is 33.8 Å². The number of halogens is 1. The molecule has 26 heavy (non-hydrogen) atoms. The molecule has 5 nitrogen and oxygen atoms in total. The molecule has 0 atom stereocenters. The standard InChI is InChI=1S/C19H17ClN2O3S/c1-2-24-18(23)15-9-13(16-11-26-19(21)22-16)5-8-17(15)25-10-12-3-6-14(20)7-4-12/h3-9,11H,2,10H2,1H3,(H2,21,22). The lowest BCUT2D eigenvalue weighted by Crippen LogP contribution is -2.08. The molecule has 0 amide bonds. The van der Waals surface area contributed by atoms with E-state index in [2.05, 4.69) is 4.98 Å². The van der Waals surface area contributed by atoms with Gasteiger partial charge in [0.2, 0.25) is 0 Å². The Kier molecular flexibility index (Phi) is 5.75. The van der Waals surface area contributed by atoms with Crippen LogP contribution in [-0.4, -0.2) is 17.6 Å².